The minimum Gasteiger partial charge on any atom is -0.307 e. The summed E-state index contributed by atoms with van der Waals surface area (Å²) in [5, 5.41) is 15.9. The van der Waals surface area contributed by atoms with Crippen molar-refractivity contribution in [2.24, 2.45) is 11.8 Å². The van der Waals surface area contributed by atoms with Crippen molar-refractivity contribution in [2.75, 3.05) is 6.54 Å². The molecule has 100 valence electrons. The van der Waals surface area contributed by atoms with Gasteiger partial charge in [-0.25, -0.2) is 4.68 Å². The maximum Gasteiger partial charge on any atom is 0.168 e. The van der Waals surface area contributed by atoms with E-state index in [2.05, 4.69) is 39.4 Å². The van der Waals surface area contributed by atoms with Crippen LogP contribution in [0.15, 0.2) is 0 Å². The van der Waals surface area contributed by atoms with Gasteiger partial charge in [-0.2, -0.15) is 0 Å². The van der Waals surface area contributed by atoms with E-state index in [0.29, 0.717) is 6.04 Å². The Labute approximate surface area is 108 Å². The van der Waals surface area contributed by atoms with Gasteiger partial charge in [-0.1, -0.05) is 13.3 Å². The second-order valence-electron chi connectivity index (χ2n) is 5.90. The number of nitrogens with one attached hydrogen (secondary N) is 1. The average Bonchev–Trinajstić information content (AvgIpc) is 3.09. The van der Waals surface area contributed by atoms with E-state index in [0.717, 1.165) is 30.6 Å². The molecule has 1 aromatic heterocycles. The summed E-state index contributed by atoms with van der Waals surface area (Å²) in [6, 6.07) is 0.804. The Morgan fingerprint density at radius 2 is 2.28 bits per heavy atom. The Morgan fingerprint density at radius 1 is 1.39 bits per heavy atom. The molecule has 18 heavy (non-hydrogen) atoms. The quantitative estimate of drug-likeness (QED) is 0.868. The van der Waals surface area contributed by atoms with E-state index in [-0.39, 0.29) is 6.04 Å². The molecule has 0 saturated heterocycles. The maximum atomic E-state index is 4.26. The van der Waals surface area contributed by atoms with Gasteiger partial charge in [0, 0.05) is 0 Å². The van der Waals surface area contributed by atoms with Crippen LogP contribution >= 0.6 is 0 Å². The molecule has 0 aromatic carbocycles. The third kappa shape index (κ3) is 2.05. The summed E-state index contributed by atoms with van der Waals surface area (Å²) < 4.78 is 2.11. The van der Waals surface area contributed by atoms with Crippen LogP contribution in [0, 0.1) is 11.8 Å². The summed E-state index contributed by atoms with van der Waals surface area (Å²) >= 11 is 0. The van der Waals surface area contributed by atoms with Gasteiger partial charge in [0.15, 0.2) is 5.82 Å². The lowest BCUT2D eigenvalue weighted by Crippen LogP contribution is -2.26. The van der Waals surface area contributed by atoms with Gasteiger partial charge in [0.05, 0.1) is 12.1 Å². The molecule has 4 atom stereocenters. The number of rotatable bonds is 5. The molecule has 1 aromatic rings. The number of nitrogens with zero attached hydrogens (tertiary/aromatic N) is 4. The molecule has 0 spiro atoms. The second-order valence-corrected chi connectivity index (χ2v) is 5.90. The lowest BCUT2D eigenvalue weighted by molar-refractivity contribution is 0.288. The fourth-order valence-corrected chi connectivity index (χ4v) is 3.68. The van der Waals surface area contributed by atoms with Crippen molar-refractivity contribution < 1.29 is 0 Å². The highest BCUT2D eigenvalue weighted by molar-refractivity contribution is 4.99. The molecule has 2 aliphatic rings. The molecule has 4 unspecified atom stereocenters. The monoisotopic (exact) mass is 249 g/mol. The third-order valence-electron chi connectivity index (χ3n) is 4.62. The molecule has 1 heterocycles. The highest BCUT2D eigenvalue weighted by Gasteiger charge is 2.42. The smallest absolute Gasteiger partial charge is 0.168 e. The molecule has 0 amide bonds. The SMILES string of the molecule is CCCNC(C)c1nnnn1C1CC2CCC1C2. The predicted molar refractivity (Wildman–Crippen MR) is 69.0 cm³/mol. The van der Waals surface area contributed by atoms with Gasteiger partial charge in [0.2, 0.25) is 0 Å². The van der Waals surface area contributed by atoms with E-state index in [4.69, 9.17) is 0 Å². The maximum absolute atomic E-state index is 4.26. The average molecular weight is 249 g/mol. The summed E-state index contributed by atoms with van der Waals surface area (Å²) in [5.41, 5.74) is 0. The number of hydrogen-bond donors (Lipinski definition) is 1. The topological polar surface area (TPSA) is 55.6 Å². The number of tetrazole rings is 1. The molecule has 2 fully saturated rings. The second kappa shape index (κ2) is 4.96. The first-order valence-corrected chi connectivity index (χ1v) is 7.30. The Hall–Kier alpha value is -0.970. The van der Waals surface area contributed by atoms with E-state index in [1.807, 2.05) is 0 Å². The molecule has 5 heteroatoms. The van der Waals surface area contributed by atoms with Gasteiger partial charge in [0.1, 0.15) is 0 Å². The van der Waals surface area contributed by atoms with E-state index in [1.54, 1.807) is 0 Å². The molecule has 1 N–H and O–H groups in total. The van der Waals surface area contributed by atoms with Gasteiger partial charge in [-0.05, 0) is 61.4 Å². The normalized spacial score (nSPS) is 32.0. The van der Waals surface area contributed by atoms with E-state index < -0.39 is 0 Å². The Balaban J connectivity index is 1.75. The lowest BCUT2D eigenvalue weighted by Gasteiger charge is -2.24. The van der Waals surface area contributed by atoms with Crippen molar-refractivity contribution in [3.8, 4) is 0 Å². The Bertz CT molecular complexity index is 402. The van der Waals surface area contributed by atoms with Crippen LogP contribution in [-0.4, -0.2) is 26.8 Å². The zero-order valence-electron chi connectivity index (χ0n) is 11.3. The van der Waals surface area contributed by atoms with Crippen molar-refractivity contribution in [1.82, 2.24) is 25.5 Å². The van der Waals surface area contributed by atoms with Crippen LogP contribution in [0.2, 0.25) is 0 Å². The summed E-state index contributed by atoms with van der Waals surface area (Å²) in [7, 11) is 0. The van der Waals surface area contributed by atoms with Crippen molar-refractivity contribution in [3.05, 3.63) is 5.82 Å². The predicted octanol–water partition coefficient (Wildman–Crippen LogP) is 2.09. The minimum absolute atomic E-state index is 0.249. The van der Waals surface area contributed by atoms with Crippen molar-refractivity contribution in [1.29, 1.82) is 0 Å². The van der Waals surface area contributed by atoms with Crippen LogP contribution in [0.4, 0.5) is 0 Å². The first-order valence-electron chi connectivity index (χ1n) is 7.30. The van der Waals surface area contributed by atoms with Crippen LogP contribution in [-0.2, 0) is 0 Å². The highest BCUT2D eigenvalue weighted by atomic mass is 15.6. The van der Waals surface area contributed by atoms with Gasteiger partial charge in [0.25, 0.3) is 0 Å². The number of fused-ring (bicyclic) bond motifs is 2. The summed E-state index contributed by atoms with van der Waals surface area (Å²) in [4.78, 5) is 0. The molecule has 0 aliphatic heterocycles. The summed E-state index contributed by atoms with van der Waals surface area (Å²) in [5.74, 6) is 2.76. The van der Waals surface area contributed by atoms with Gasteiger partial charge in [-0.15, -0.1) is 5.10 Å². The van der Waals surface area contributed by atoms with Gasteiger partial charge >= 0.3 is 0 Å². The molecular weight excluding hydrogens is 226 g/mol. The molecular formula is C13H23N5. The standard InChI is InChI=1S/C13H23N5/c1-3-6-14-9(2)13-15-16-17-18(13)12-8-10-4-5-11(12)7-10/h9-12,14H,3-8H2,1-2H3. The zero-order valence-corrected chi connectivity index (χ0v) is 11.3. The van der Waals surface area contributed by atoms with Crippen LogP contribution < -0.4 is 5.32 Å². The fraction of sp³-hybridized carbons (Fsp3) is 0.923. The Kier molecular flexibility index (Phi) is 3.33. The van der Waals surface area contributed by atoms with E-state index in [1.165, 1.54) is 25.7 Å². The molecule has 5 nitrogen and oxygen atoms in total. The highest BCUT2D eigenvalue weighted by Crippen LogP contribution is 2.50. The summed E-state index contributed by atoms with van der Waals surface area (Å²) in [6.45, 7) is 5.36. The molecule has 2 saturated carbocycles. The zero-order chi connectivity index (χ0) is 12.5. The number of hydrogen-bond acceptors (Lipinski definition) is 4. The van der Waals surface area contributed by atoms with Gasteiger partial charge < -0.3 is 5.32 Å². The van der Waals surface area contributed by atoms with Crippen LogP contribution in [0.5, 0.6) is 0 Å². The first-order chi connectivity index (χ1) is 8.79. The van der Waals surface area contributed by atoms with E-state index >= 15 is 0 Å². The van der Waals surface area contributed by atoms with Crippen molar-refractivity contribution >= 4 is 0 Å². The van der Waals surface area contributed by atoms with Crippen molar-refractivity contribution in [3.63, 3.8) is 0 Å². The largest absolute Gasteiger partial charge is 0.307 e. The van der Waals surface area contributed by atoms with Crippen LogP contribution in [0.3, 0.4) is 0 Å². The third-order valence-corrected chi connectivity index (χ3v) is 4.62. The lowest BCUT2D eigenvalue weighted by atomic mass is 9.95. The van der Waals surface area contributed by atoms with Crippen molar-refractivity contribution in [2.45, 2.75) is 58.0 Å². The van der Waals surface area contributed by atoms with Crippen LogP contribution in [0.25, 0.3) is 0 Å². The fourth-order valence-electron chi connectivity index (χ4n) is 3.68. The molecule has 3 rings (SSSR count). The van der Waals surface area contributed by atoms with E-state index in [9.17, 15) is 0 Å². The minimum atomic E-state index is 0.249. The number of aromatic nitrogens is 4. The molecule has 0 radical (unpaired) electrons. The molecule has 2 bridgehead atoms. The molecule has 2 aliphatic carbocycles. The van der Waals surface area contributed by atoms with Gasteiger partial charge in [-0.3, -0.25) is 0 Å². The van der Waals surface area contributed by atoms with Crippen LogP contribution in [0.1, 0.15) is 63.9 Å². The summed E-state index contributed by atoms with van der Waals surface area (Å²) in [6.07, 6.45) is 6.59. The Morgan fingerprint density at radius 3 is 2.94 bits per heavy atom. The first kappa shape index (κ1) is 12.1.